The number of nitrogens with one attached hydrogen (secondary N) is 1. The van der Waals surface area contributed by atoms with Crippen molar-refractivity contribution >= 4 is 10.9 Å². The fraction of sp³-hybridized carbons (Fsp3) is 0.200. The standard InChI is InChI=1S/C10H11NO/c1-2-7-6-11-8-4-3-5-9(12)10(7)8/h3-6,11-12H,2H2,1H3. The van der Waals surface area contributed by atoms with Crippen molar-refractivity contribution in [2.75, 3.05) is 0 Å². The van der Waals surface area contributed by atoms with Gasteiger partial charge >= 0.3 is 0 Å². The molecule has 12 heavy (non-hydrogen) atoms. The molecule has 1 aromatic heterocycles. The molecule has 1 aromatic carbocycles. The lowest BCUT2D eigenvalue weighted by Gasteiger charge is -1.96. The van der Waals surface area contributed by atoms with Crippen molar-refractivity contribution in [3.8, 4) is 5.75 Å². The van der Waals surface area contributed by atoms with Crippen molar-refractivity contribution in [3.05, 3.63) is 30.0 Å². The van der Waals surface area contributed by atoms with E-state index in [0.717, 1.165) is 17.3 Å². The van der Waals surface area contributed by atoms with E-state index in [1.807, 2.05) is 18.3 Å². The molecule has 0 saturated heterocycles. The number of rotatable bonds is 1. The molecular weight excluding hydrogens is 150 g/mol. The molecule has 2 aromatic rings. The first kappa shape index (κ1) is 7.22. The normalized spacial score (nSPS) is 10.8. The molecule has 0 bridgehead atoms. The van der Waals surface area contributed by atoms with E-state index in [2.05, 4.69) is 11.9 Å². The summed E-state index contributed by atoms with van der Waals surface area (Å²) in [4.78, 5) is 3.12. The fourth-order valence-corrected chi connectivity index (χ4v) is 1.51. The summed E-state index contributed by atoms with van der Waals surface area (Å²) in [5.41, 5.74) is 2.18. The predicted octanol–water partition coefficient (Wildman–Crippen LogP) is 2.44. The van der Waals surface area contributed by atoms with Crippen LogP contribution in [-0.2, 0) is 6.42 Å². The summed E-state index contributed by atoms with van der Waals surface area (Å²) in [5.74, 6) is 0.366. The number of hydrogen-bond donors (Lipinski definition) is 2. The van der Waals surface area contributed by atoms with Gasteiger partial charge in [-0.3, -0.25) is 0 Å². The molecule has 0 aliphatic carbocycles. The molecule has 2 nitrogen and oxygen atoms in total. The Balaban J connectivity index is 2.83. The van der Waals surface area contributed by atoms with Crippen molar-refractivity contribution < 1.29 is 5.11 Å². The van der Waals surface area contributed by atoms with Gasteiger partial charge < -0.3 is 10.1 Å². The average molecular weight is 161 g/mol. The number of aryl methyl sites for hydroxylation is 1. The molecule has 62 valence electrons. The maximum atomic E-state index is 9.55. The summed E-state index contributed by atoms with van der Waals surface area (Å²) in [6.45, 7) is 2.08. The van der Waals surface area contributed by atoms with Crippen molar-refractivity contribution in [2.45, 2.75) is 13.3 Å². The van der Waals surface area contributed by atoms with Gasteiger partial charge in [-0.25, -0.2) is 0 Å². The quantitative estimate of drug-likeness (QED) is 0.662. The first-order valence-electron chi connectivity index (χ1n) is 4.11. The summed E-state index contributed by atoms with van der Waals surface area (Å²) in [6.07, 6.45) is 2.89. The van der Waals surface area contributed by atoms with Crippen molar-refractivity contribution in [1.82, 2.24) is 4.98 Å². The molecule has 0 aliphatic heterocycles. The molecule has 0 unspecified atom stereocenters. The maximum Gasteiger partial charge on any atom is 0.125 e. The van der Waals surface area contributed by atoms with E-state index < -0.39 is 0 Å². The average Bonchev–Trinajstić information content (AvgIpc) is 2.49. The van der Waals surface area contributed by atoms with Crippen LogP contribution in [0.1, 0.15) is 12.5 Å². The molecule has 2 heteroatoms. The Hall–Kier alpha value is -1.44. The highest BCUT2D eigenvalue weighted by Crippen LogP contribution is 2.27. The monoisotopic (exact) mass is 161 g/mol. The minimum atomic E-state index is 0.366. The van der Waals surface area contributed by atoms with Gasteiger partial charge in [-0.05, 0) is 24.1 Å². The van der Waals surface area contributed by atoms with Crippen LogP contribution >= 0.6 is 0 Å². The highest BCUT2D eigenvalue weighted by atomic mass is 16.3. The maximum absolute atomic E-state index is 9.55. The van der Waals surface area contributed by atoms with E-state index in [0.29, 0.717) is 5.75 Å². The molecule has 2 N–H and O–H groups in total. The lowest BCUT2D eigenvalue weighted by atomic mass is 10.1. The number of H-pyrrole nitrogens is 1. The minimum absolute atomic E-state index is 0.366. The Morgan fingerprint density at radius 3 is 3.00 bits per heavy atom. The summed E-state index contributed by atoms with van der Waals surface area (Å²) < 4.78 is 0. The van der Waals surface area contributed by atoms with Gasteiger partial charge in [0.05, 0.1) is 0 Å². The number of aromatic nitrogens is 1. The Morgan fingerprint density at radius 2 is 2.25 bits per heavy atom. The third-order valence-corrected chi connectivity index (χ3v) is 2.15. The van der Waals surface area contributed by atoms with E-state index in [1.54, 1.807) is 6.07 Å². The van der Waals surface area contributed by atoms with Gasteiger partial charge in [0.1, 0.15) is 5.75 Å². The zero-order valence-electron chi connectivity index (χ0n) is 6.96. The molecule has 0 fully saturated rings. The number of hydrogen-bond acceptors (Lipinski definition) is 1. The van der Waals surface area contributed by atoms with Gasteiger partial charge in [0.2, 0.25) is 0 Å². The van der Waals surface area contributed by atoms with Crippen molar-refractivity contribution in [2.24, 2.45) is 0 Å². The van der Waals surface area contributed by atoms with E-state index in [4.69, 9.17) is 0 Å². The predicted molar refractivity (Wildman–Crippen MR) is 49.3 cm³/mol. The van der Waals surface area contributed by atoms with Crippen LogP contribution in [0.25, 0.3) is 10.9 Å². The number of benzene rings is 1. The second-order valence-corrected chi connectivity index (χ2v) is 2.87. The smallest absolute Gasteiger partial charge is 0.125 e. The number of aromatic hydroxyl groups is 1. The van der Waals surface area contributed by atoms with E-state index >= 15 is 0 Å². The van der Waals surface area contributed by atoms with Gasteiger partial charge in [-0.2, -0.15) is 0 Å². The van der Waals surface area contributed by atoms with E-state index in [9.17, 15) is 5.11 Å². The fourth-order valence-electron chi connectivity index (χ4n) is 1.51. The molecule has 0 amide bonds. The van der Waals surface area contributed by atoms with Crippen LogP contribution < -0.4 is 0 Å². The van der Waals surface area contributed by atoms with Crippen LogP contribution in [0.4, 0.5) is 0 Å². The Bertz CT molecular complexity index is 403. The highest BCUT2D eigenvalue weighted by Gasteiger charge is 2.04. The summed E-state index contributed by atoms with van der Waals surface area (Å²) in [5, 5.41) is 10.5. The summed E-state index contributed by atoms with van der Waals surface area (Å²) >= 11 is 0. The van der Waals surface area contributed by atoms with Crippen LogP contribution in [0.5, 0.6) is 5.75 Å². The molecule has 2 rings (SSSR count). The number of fused-ring (bicyclic) bond motifs is 1. The summed E-state index contributed by atoms with van der Waals surface area (Å²) in [7, 11) is 0. The van der Waals surface area contributed by atoms with Gasteiger partial charge in [0, 0.05) is 17.1 Å². The van der Waals surface area contributed by atoms with Crippen LogP contribution in [0.3, 0.4) is 0 Å². The van der Waals surface area contributed by atoms with Crippen LogP contribution in [-0.4, -0.2) is 10.1 Å². The Kier molecular flexibility index (Phi) is 1.54. The lowest BCUT2D eigenvalue weighted by molar-refractivity contribution is 0.481. The molecule has 1 heterocycles. The largest absolute Gasteiger partial charge is 0.507 e. The highest BCUT2D eigenvalue weighted by molar-refractivity contribution is 5.88. The molecule has 0 radical (unpaired) electrons. The Morgan fingerprint density at radius 1 is 1.42 bits per heavy atom. The van der Waals surface area contributed by atoms with Crippen LogP contribution in [0.2, 0.25) is 0 Å². The first-order valence-corrected chi connectivity index (χ1v) is 4.11. The van der Waals surface area contributed by atoms with Crippen molar-refractivity contribution in [1.29, 1.82) is 0 Å². The Labute approximate surface area is 70.8 Å². The number of aromatic amines is 1. The third-order valence-electron chi connectivity index (χ3n) is 2.15. The first-order chi connectivity index (χ1) is 5.83. The molecule has 0 spiro atoms. The van der Waals surface area contributed by atoms with Crippen molar-refractivity contribution in [3.63, 3.8) is 0 Å². The second kappa shape index (κ2) is 2.55. The lowest BCUT2D eigenvalue weighted by Crippen LogP contribution is -1.75. The molecule has 0 aliphatic rings. The van der Waals surface area contributed by atoms with E-state index in [-0.39, 0.29) is 0 Å². The molecular formula is C10H11NO. The second-order valence-electron chi connectivity index (χ2n) is 2.87. The zero-order valence-corrected chi connectivity index (χ0v) is 6.96. The number of phenols is 1. The van der Waals surface area contributed by atoms with E-state index in [1.165, 1.54) is 5.56 Å². The van der Waals surface area contributed by atoms with Gasteiger partial charge in [0.25, 0.3) is 0 Å². The molecule has 0 atom stereocenters. The third kappa shape index (κ3) is 0.881. The SMILES string of the molecule is CCc1c[nH]c2cccc(O)c12. The van der Waals surface area contributed by atoms with Gasteiger partial charge in [0.15, 0.2) is 0 Å². The van der Waals surface area contributed by atoms with Crippen LogP contribution in [0.15, 0.2) is 24.4 Å². The molecule has 0 saturated carbocycles. The zero-order chi connectivity index (χ0) is 8.55. The minimum Gasteiger partial charge on any atom is -0.507 e. The topological polar surface area (TPSA) is 36.0 Å². The number of phenolic OH excluding ortho intramolecular Hbond substituents is 1. The van der Waals surface area contributed by atoms with Gasteiger partial charge in [-0.1, -0.05) is 13.0 Å². The summed E-state index contributed by atoms with van der Waals surface area (Å²) in [6, 6.07) is 5.52. The van der Waals surface area contributed by atoms with Gasteiger partial charge in [-0.15, -0.1) is 0 Å². The van der Waals surface area contributed by atoms with Crippen LogP contribution in [0, 0.1) is 0 Å².